The molecule has 1 heterocycles. The van der Waals surface area contributed by atoms with E-state index in [0.717, 1.165) is 12.2 Å². The summed E-state index contributed by atoms with van der Waals surface area (Å²) in [6.07, 6.45) is 2.73. The molecule has 0 aliphatic heterocycles. The van der Waals surface area contributed by atoms with Crippen LogP contribution in [-0.2, 0) is 0 Å². The van der Waals surface area contributed by atoms with Crippen molar-refractivity contribution in [1.29, 1.82) is 0 Å². The van der Waals surface area contributed by atoms with E-state index in [1.807, 2.05) is 30.3 Å². The van der Waals surface area contributed by atoms with Gasteiger partial charge in [-0.05, 0) is 18.6 Å². The number of anilines is 1. The van der Waals surface area contributed by atoms with Crippen LogP contribution in [0.3, 0.4) is 0 Å². The lowest BCUT2D eigenvalue weighted by Crippen LogP contribution is -2.10. The van der Waals surface area contributed by atoms with Gasteiger partial charge in [-0.15, -0.1) is 0 Å². The highest BCUT2D eigenvalue weighted by atomic mass is 35.5. The van der Waals surface area contributed by atoms with Gasteiger partial charge in [0.1, 0.15) is 23.0 Å². The van der Waals surface area contributed by atoms with Crippen LogP contribution in [0.25, 0.3) is 0 Å². The number of ether oxygens (including phenoxy) is 1. The molecule has 2 aromatic rings. The Balaban J connectivity index is 1.76. The molecule has 0 atom stereocenters. The summed E-state index contributed by atoms with van der Waals surface area (Å²) >= 11 is 5.80. The van der Waals surface area contributed by atoms with Gasteiger partial charge in [0.25, 0.3) is 0 Å². The largest absolute Gasteiger partial charge is 0.494 e. The molecular weight excluding hydrogens is 278 g/mol. The van der Waals surface area contributed by atoms with Gasteiger partial charge in [0.2, 0.25) is 0 Å². The molecule has 0 aliphatic rings. The van der Waals surface area contributed by atoms with E-state index in [4.69, 9.17) is 16.3 Å². The number of rotatable bonds is 7. The second-order valence-electron chi connectivity index (χ2n) is 3.99. The molecule has 1 aromatic carbocycles. The molecule has 1 N–H and O–H groups in total. The van der Waals surface area contributed by atoms with Crippen LogP contribution in [-0.4, -0.2) is 29.4 Å². The number of nitrogens with one attached hydrogen (secondary N) is 1. The molecule has 0 saturated carbocycles. The van der Waals surface area contributed by atoms with E-state index in [1.165, 1.54) is 6.33 Å². The van der Waals surface area contributed by atoms with E-state index in [2.05, 4.69) is 15.3 Å². The number of nitrogens with zero attached hydrogens (tertiary/aromatic N) is 2. The van der Waals surface area contributed by atoms with E-state index in [9.17, 15) is 4.79 Å². The minimum atomic E-state index is 0.151. The maximum Gasteiger partial charge on any atom is 0.156 e. The first kappa shape index (κ1) is 14.3. The third kappa shape index (κ3) is 3.93. The van der Waals surface area contributed by atoms with Gasteiger partial charge in [-0.25, -0.2) is 9.97 Å². The highest BCUT2D eigenvalue weighted by molar-refractivity contribution is 6.32. The number of aldehydes is 1. The monoisotopic (exact) mass is 291 g/mol. The number of carbonyl (C=O) groups is 1. The lowest BCUT2D eigenvalue weighted by molar-refractivity contribution is 0.112. The number of hydrogen-bond donors (Lipinski definition) is 1. The number of aromatic nitrogens is 2. The van der Waals surface area contributed by atoms with Crippen LogP contribution in [0.4, 0.5) is 5.82 Å². The summed E-state index contributed by atoms with van der Waals surface area (Å²) in [4.78, 5) is 18.6. The molecule has 1 aromatic heterocycles. The summed E-state index contributed by atoms with van der Waals surface area (Å²) < 4.78 is 5.56. The Hall–Kier alpha value is -2.14. The van der Waals surface area contributed by atoms with Crippen molar-refractivity contribution >= 4 is 23.7 Å². The first-order valence-corrected chi connectivity index (χ1v) is 6.56. The first-order valence-electron chi connectivity index (χ1n) is 6.18. The molecule has 6 heteroatoms. The van der Waals surface area contributed by atoms with Gasteiger partial charge in [-0.3, -0.25) is 4.79 Å². The third-order valence-electron chi connectivity index (χ3n) is 2.58. The van der Waals surface area contributed by atoms with E-state index in [0.29, 0.717) is 25.3 Å². The fourth-order valence-electron chi connectivity index (χ4n) is 1.61. The molecule has 2 rings (SSSR count). The predicted octanol–water partition coefficient (Wildman–Crippen LogP) is 2.82. The Kier molecular flexibility index (Phi) is 5.32. The van der Waals surface area contributed by atoms with Crippen LogP contribution in [0.2, 0.25) is 5.15 Å². The van der Waals surface area contributed by atoms with Crippen molar-refractivity contribution < 1.29 is 9.53 Å². The Morgan fingerprint density at radius 2 is 2.05 bits per heavy atom. The SMILES string of the molecule is O=Cc1c(Cl)ncnc1NCCCOc1ccccc1. The first-order chi connectivity index (χ1) is 9.81. The van der Waals surface area contributed by atoms with Crippen molar-refractivity contribution in [1.82, 2.24) is 9.97 Å². The van der Waals surface area contributed by atoms with Crippen LogP contribution >= 0.6 is 11.6 Å². The molecule has 0 saturated heterocycles. The van der Waals surface area contributed by atoms with Crippen LogP contribution in [0, 0.1) is 0 Å². The molecule has 0 unspecified atom stereocenters. The van der Waals surface area contributed by atoms with E-state index >= 15 is 0 Å². The number of carbonyl (C=O) groups excluding carboxylic acids is 1. The fraction of sp³-hybridized carbons (Fsp3) is 0.214. The molecule has 0 spiro atoms. The van der Waals surface area contributed by atoms with Crippen molar-refractivity contribution in [3.8, 4) is 5.75 Å². The zero-order valence-corrected chi connectivity index (χ0v) is 11.5. The summed E-state index contributed by atoms with van der Waals surface area (Å²) in [5, 5.41) is 3.20. The summed E-state index contributed by atoms with van der Waals surface area (Å²) in [6.45, 7) is 1.20. The number of halogens is 1. The molecule has 0 amide bonds. The van der Waals surface area contributed by atoms with E-state index in [1.54, 1.807) is 0 Å². The second-order valence-corrected chi connectivity index (χ2v) is 4.34. The van der Waals surface area contributed by atoms with Gasteiger partial charge < -0.3 is 10.1 Å². The third-order valence-corrected chi connectivity index (χ3v) is 2.88. The fourth-order valence-corrected chi connectivity index (χ4v) is 1.78. The topological polar surface area (TPSA) is 64.1 Å². The Bertz CT molecular complexity index is 564. The van der Waals surface area contributed by atoms with Gasteiger partial charge in [0.15, 0.2) is 6.29 Å². The molecule has 0 radical (unpaired) electrons. The Labute approximate surface area is 122 Å². The second kappa shape index (κ2) is 7.45. The predicted molar refractivity (Wildman–Crippen MR) is 77.5 cm³/mol. The highest BCUT2D eigenvalue weighted by Gasteiger charge is 2.07. The lowest BCUT2D eigenvalue weighted by atomic mass is 10.3. The van der Waals surface area contributed by atoms with Crippen molar-refractivity contribution in [2.75, 3.05) is 18.5 Å². The molecule has 104 valence electrons. The Morgan fingerprint density at radius 3 is 2.80 bits per heavy atom. The number of benzene rings is 1. The molecule has 20 heavy (non-hydrogen) atoms. The van der Waals surface area contributed by atoms with Gasteiger partial charge in [0, 0.05) is 6.54 Å². The van der Waals surface area contributed by atoms with Crippen molar-refractivity contribution in [2.24, 2.45) is 0 Å². The minimum Gasteiger partial charge on any atom is -0.494 e. The zero-order chi connectivity index (χ0) is 14.2. The van der Waals surface area contributed by atoms with Gasteiger partial charge in [0.05, 0.1) is 12.2 Å². The quantitative estimate of drug-likeness (QED) is 0.483. The normalized spacial score (nSPS) is 10.1. The summed E-state index contributed by atoms with van der Waals surface area (Å²) in [5.74, 6) is 1.28. The van der Waals surface area contributed by atoms with Crippen LogP contribution in [0.5, 0.6) is 5.75 Å². The maximum atomic E-state index is 10.9. The number of hydrogen-bond acceptors (Lipinski definition) is 5. The Morgan fingerprint density at radius 1 is 1.25 bits per heavy atom. The van der Waals surface area contributed by atoms with Crippen molar-refractivity contribution in [3.63, 3.8) is 0 Å². The zero-order valence-electron chi connectivity index (χ0n) is 10.8. The van der Waals surface area contributed by atoms with Gasteiger partial charge in [-0.1, -0.05) is 29.8 Å². The average molecular weight is 292 g/mol. The molecular formula is C14H14ClN3O2. The maximum absolute atomic E-state index is 10.9. The standard InChI is InChI=1S/C14H14ClN3O2/c15-13-12(9-19)14(18-10-17-13)16-7-4-8-20-11-5-2-1-3-6-11/h1-3,5-6,9-10H,4,7-8H2,(H,16,17,18). The van der Waals surface area contributed by atoms with Gasteiger partial charge in [-0.2, -0.15) is 0 Å². The van der Waals surface area contributed by atoms with E-state index in [-0.39, 0.29) is 10.7 Å². The minimum absolute atomic E-state index is 0.151. The highest BCUT2D eigenvalue weighted by Crippen LogP contribution is 2.17. The summed E-state index contributed by atoms with van der Waals surface area (Å²) in [5.41, 5.74) is 0.276. The van der Waals surface area contributed by atoms with E-state index < -0.39 is 0 Å². The van der Waals surface area contributed by atoms with Crippen molar-refractivity contribution in [3.05, 3.63) is 47.4 Å². The molecule has 0 bridgehead atoms. The van der Waals surface area contributed by atoms with Crippen LogP contribution in [0.15, 0.2) is 36.7 Å². The average Bonchev–Trinajstić information content (AvgIpc) is 2.48. The smallest absolute Gasteiger partial charge is 0.156 e. The number of para-hydroxylation sites is 1. The molecule has 0 fully saturated rings. The lowest BCUT2D eigenvalue weighted by Gasteiger charge is -2.09. The molecule has 5 nitrogen and oxygen atoms in total. The summed E-state index contributed by atoms with van der Waals surface area (Å²) in [7, 11) is 0. The van der Waals surface area contributed by atoms with Crippen molar-refractivity contribution in [2.45, 2.75) is 6.42 Å². The van der Waals surface area contributed by atoms with Crippen LogP contribution < -0.4 is 10.1 Å². The molecule has 0 aliphatic carbocycles. The summed E-state index contributed by atoms with van der Waals surface area (Å²) in [6, 6.07) is 9.60. The van der Waals surface area contributed by atoms with Gasteiger partial charge >= 0.3 is 0 Å². The van der Waals surface area contributed by atoms with Crippen LogP contribution in [0.1, 0.15) is 16.8 Å².